The summed E-state index contributed by atoms with van der Waals surface area (Å²) >= 11 is 0. The summed E-state index contributed by atoms with van der Waals surface area (Å²) in [7, 11) is 0. The molecule has 0 rings (SSSR count). The molecule has 13 heteroatoms. The monoisotopic (exact) mass is 368 g/mol. The molecule has 23 heavy (non-hydrogen) atoms. The highest BCUT2D eigenvalue weighted by Gasteiger charge is 2.87. The number of halogens is 11. The molecule has 0 aromatic rings. The lowest BCUT2D eigenvalue weighted by Crippen LogP contribution is -2.67. The molecular weight excluding hydrogens is 361 g/mol. The van der Waals surface area contributed by atoms with E-state index < -0.39 is 48.0 Å². The first-order valence-electron chi connectivity index (χ1n) is 5.23. The van der Waals surface area contributed by atoms with Crippen LogP contribution in [0.15, 0.2) is 12.2 Å². The second-order valence-corrected chi connectivity index (χ2v) is 4.28. The van der Waals surface area contributed by atoms with E-state index in [2.05, 4.69) is 11.3 Å². The Morgan fingerprint density at radius 2 is 1.22 bits per heavy atom. The van der Waals surface area contributed by atoms with E-state index >= 15 is 0 Å². The predicted molar refractivity (Wildman–Crippen MR) is 51.6 cm³/mol. The second kappa shape index (κ2) is 5.82. The second-order valence-electron chi connectivity index (χ2n) is 4.28. The first-order valence-corrected chi connectivity index (χ1v) is 5.23. The number of ether oxygens (including phenoxy) is 1. The van der Waals surface area contributed by atoms with Crippen LogP contribution in [0.4, 0.5) is 48.3 Å². The van der Waals surface area contributed by atoms with Gasteiger partial charge in [0.1, 0.15) is 0 Å². The third kappa shape index (κ3) is 3.52. The molecule has 0 heterocycles. The molecule has 0 radical (unpaired) electrons. The van der Waals surface area contributed by atoms with Crippen molar-refractivity contribution in [3.63, 3.8) is 0 Å². The molecule has 0 unspecified atom stereocenters. The Kier molecular flexibility index (Phi) is 5.42. The fraction of sp³-hybridized carbons (Fsp3) is 0.700. The van der Waals surface area contributed by atoms with Crippen LogP contribution in [0.2, 0.25) is 0 Å². The molecule has 0 spiro atoms. The van der Waals surface area contributed by atoms with Crippen LogP contribution in [-0.2, 0) is 9.53 Å². The highest BCUT2D eigenvalue weighted by molar-refractivity contribution is 5.86. The van der Waals surface area contributed by atoms with Gasteiger partial charge in [-0.25, -0.2) is 4.79 Å². The number of carbonyl (C=O) groups is 1. The Bertz CT molecular complexity index is 478. The van der Waals surface area contributed by atoms with E-state index in [0.29, 0.717) is 0 Å². The third-order valence-electron chi connectivity index (χ3n) is 2.34. The third-order valence-corrected chi connectivity index (χ3v) is 2.34. The van der Waals surface area contributed by atoms with Crippen LogP contribution >= 0.6 is 0 Å². The van der Waals surface area contributed by atoms with Crippen LogP contribution in [-0.4, -0.2) is 42.4 Å². The minimum atomic E-state index is -7.52. The van der Waals surface area contributed by atoms with Gasteiger partial charge in [-0.1, -0.05) is 6.58 Å². The van der Waals surface area contributed by atoms with E-state index in [9.17, 15) is 53.1 Å². The molecular formula is C10H7F11O2. The van der Waals surface area contributed by atoms with Gasteiger partial charge in [-0.2, -0.15) is 48.3 Å². The van der Waals surface area contributed by atoms with Gasteiger partial charge in [-0.15, -0.1) is 0 Å². The van der Waals surface area contributed by atoms with Crippen molar-refractivity contribution in [1.82, 2.24) is 0 Å². The van der Waals surface area contributed by atoms with Crippen LogP contribution in [0.1, 0.15) is 6.92 Å². The SMILES string of the molecule is C=C(C)C(=O)OCC(F)(F)C(F)(F)C(F)(F)C(F)(F)C(F)(F)F. The lowest BCUT2D eigenvalue weighted by Gasteiger charge is -2.36. The van der Waals surface area contributed by atoms with Gasteiger partial charge in [0, 0.05) is 5.57 Å². The van der Waals surface area contributed by atoms with Crippen LogP contribution in [0.5, 0.6) is 0 Å². The molecule has 2 nitrogen and oxygen atoms in total. The Hall–Kier alpha value is -1.56. The first-order chi connectivity index (χ1) is 9.83. The minimum Gasteiger partial charge on any atom is -0.456 e. The van der Waals surface area contributed by atoms with Crippen molar-refractivity contribution in [2.24, 2.45) is 0 Å². The summed E-state index contributed by atoms with van der Waals surface area (Å²) in [5.74, 6) is -30.2. The topological polar surface area (TPSA) is 26.3 Å². The summed E-state index contributed by atoms with van der Waals surface area (Å²) in [5.41, 5.74) is -0.642. The smallest absolute Gasteiger partial charge is 0.456 e. The number of hydrogen-bond donors (Lipinski definition) is 0. The van der Waals surface area contributed by atoms with Crippen molar-refractivity contribution in [2.75, 3.05) is 6.61 Å². The number of esters is 1. The van der Waals surface area contributed by atoms with E-state index in [1.54, 1.807) is 0 Å². The average molecular weight is 368 g/mol. The van der Waals surface area contributed by atoms with Crippen molar-refractivity contribution >= 4 is 5.97 Å². The van der Waals surface area contributed by atoms with Crippen molar-refractivity contribution in [3.8, 4) is 0 Å². The highest BCUT2D eigenvalue weighted by Crippen LogP contribution is 2.57. The normalized spacial score (nSPS) is 14.6. The molecule has 0 aliphatic rings. The lowest BCUT2D eigenvalue weighted by atomic mass is 9.98. The average Bonchev–Trinajstić information content (AvgIpc) is 2.33. The van der Waals surface area contributed by atoms with Gasteiger partial charge >= 0.3 is 35.8 Å². The largest absolute Gasteiger partial charge is 0.460 e. The summed E-state index contributed by atoms with van der Waals surface area (Å²) in [6.45, 7) is 0.787. The fourth-order valence-electron chi connectivity index (χ4n) is 0.975. The number of alkyl halides is 11. The zero-order valence-electron chi connectivity index (χ0n) is 10.9. The van der Waals surface area contributed by atoms with Crippen LogP contribution in [0.25, 0.3) is 0 Å². The molecule has 0 fully saturated rings. The highest BCUT2D eigenvalue weighted by atomic mass is 19.4. The Labute approximate surface area is 120 Å². The van der Waals surface area contributed by atoms with Crippen molar-refractivity contribution in [2.45, 2.75) is 36.8 Å². The van der Waals surface area contributed by atoms with Crippen LogP contribution in [0.3, 0.4) is 0 Å². The summed E-state index contributed by atoms with van der Waals surface area (Å²) < 4.78 is 141. The maximum Gasteiger partial charge on any atom is 0.460 e. The van der Waals surface area contributed by atoms with Gasteiger partial charge in [-0.3, -0.25) is 0 Å². The maximum absolute atomic E-state index is 13.0. The molecule has 0 saturated heterocycles. The van der Waals surface area contributed by atoms with Crippen LogP contribution in [0, 0.1) is 0 Å². The number of carbonyl (C=O) groups excluding carboxylic acids is 1. The summed E-state index contributed by atoms with van der Waals surface area (Å²) in [4.78, 5) is 10.7. The number of hydrogen-bond acceptors (Lipinski definition) is 2. The van der Waals surface area contributed by atoms with Gasteiger partial charge in [0.25, 0.3) is 0 Å². The Morgan fingerprint density at radius 1 is 0.826 bits per heavy atom. The molecule has 0 aliphatic carbocycles. The van der Waals surface area contributed by atoms with E-state index in [0.717, 1.165) is 6.92 Å². The fourth-order valence-corrected chi connectivity index (χ4v) is 0.975. The Morgan fingerprint density at radius 3 is 1.52 bits per heavy atom. The van der Waals surface area contributed by atoms with Crippen molar-refractivity contribution in [3.05, 3.63) is 12.2 Å². The minimum absolute atomic E-state index is 0.642. The quantitative estimate of drug-likeness (QED) is 0.399. The molecule has 0 atom stereocenters. The molecule has 0 aliphatic heterocycles. The zero-order valence-corrected chi connectivity index (χ0v) is 10.9. The van der Waals surface area contributed by atoms with E-state index in [-0.39, 0.29) is 0 Å². The van der Waals surface area contributed by atoms with E-state index in [4.69, 9.17) is 0 Å². The van der Waals surface area contributed by atoms with Gasteiger partial charge in [0.05, 0.1) is 0 Å². The summed E-state index contributed by atoms with van der Waals surface area (Å²) in [6.07, 6.45) is -7.23. The molecule has 0 amide bonds. The van der Waals surface area contributed by atoms with Gasteiger partial charge in [0.15, 0.2) is 6.61 Å². The van der Waals surface area contributed by atoms with Gasteiger partial charge in [-0.05, 0) is 6.92 Å². The molecule has 0 saturated carbocycles. The molecule has 136 valence electrons. The van der Waals surface area contributed by atoms with Gasteiger partial charge in [0.2, 0.25) is 0 Å². The lowest BCUT2D eigenvalue weighted by molar-refractivity contribution is -0.423. The van der Waals surface area contributed by atoms with Crippen molar-refractivity contribution in [1.29, 1.82) is 0 Å². The van der Waals surface area contributed by atoms with E-state index in [1.807, 2.05) is 0 Å². The summed E-state index contributed by atoms with van der Waals surface area (Å²) in [5, 5.41) is 0. The first kappa shape index (κ1) is 21.4. The molecule has 0 bridgehead atoms. The predicted octanol–water partition coefficient (Wildman–Crippen LogP) is 4.21. The molecule has 0 N–H and O–H groups in total. The summed E-state index contributed by atoms with van der Waals surface area (Å²) in [6, 6.07) is 0. The van der Waals surface area contributed by atoms with E-state index in [1.165, 1.54) is 0 Å². The van der Waals surface area contributed by atoms with Crippen LogP contribution < -0.4 is 0 Å². The van der Waals surface area contributed by atoms with Gasteiger partial charge < -0.3 is 4.74 Å². The molecule has 0 aromatic heterocycles. The standard InChI is InChI=1S/C10H7F11O2/c1-4(2)5(22)23-3-6(11,12)7(13,14)8(15,16)9(17,18)10(19,20)21/h1,3H2,2H3. The number of rotatable bonds is 6. The van der Waals surface area contributed by atoms with Crippen molar-refractivity contribution < 1.29 is 57.8 Å². The molecule has 0 aromatic carbocycles. The maximum atomic E-state index is 13.0. The Balaban J connectivity index is 5.66. The zero-order chi connectivity index (χ0) is 19.1.